The van der Waals surface area contributed by atoms with Crippen molar-refractivity contribution in [1.29, 1.82) is 0 Å². The summed E-state index contributed by atoms with van der Waals surface area (Å²) in [5.74, 6) is 0.409. The Hall–Kier alpha value is -1.51. The Bertz CT molecular complexity index is 873. The van der Waals surface area contributed by atoms with Gasteiger partial charge in [-0.3, -0.25) is 0 Å². The minimum atomic E-state index is -0.245. The highest BCUT2D eigenvalue weighted by molar-refractivity contribution is 6.22. The van der Waals surface area contributed by atoms with E-state index in [2.05, 4.69) is 63.6 Å². The molecule has 4 rings (SSSR count). The molecule has 0 bridgehead atoms. The predicted molar refractivity (Wildman–Crippen MR) is 102 cm³/mol. The molecule has 0 saturated heterocycles. The molecule has 126 valence electrons. The average Bonchev–Trinajstić information content (AvgIpc) is 3.04. The maximum atomic E-state index is 6.86. The smallest absolute Gasteiger partial charge is 0.0948 e. The van der Waals surface area contributed by atoms with Gasteiger partial charge >= 0.3 is 0 Å². The van der Waals surface area contributed by atoms with Gasteiger partial charge < -0.3 is 10.3 Å². The molecule has 0 unspecified atom stereocenters. The maximum Gasteiger partial charge on any atom is 0.0948 e. The number of para-hydroxylation sites is 1. The number of allylic oxidation sites excluding steroid dienone is 2. The number of hydrogen-bond acceptors (Lipinski definition) is 0. The molecule has 0 radical (unpaired) electrons. The number of alkyl halides is 1. The number of halogens is 1. The van der Waals surface area contributed by atoms with Crippen LogP contribution in [-0.2, 0) is 5.41 Å². The summed E-state index contributed by atoms with van der Waals surface area (Å²) < 4.78 is 0. The quantitative estimate of drug-likeness (QED) is 0.463. The Kier molecular flexibility index (Phi) is 3.33. The van der Waals surface area contributed by atoms with Crippen molar-refractivity contribution in [1.82, 2.24) is 4.98 Å². The van der Waals surface area contributed by atoms with Crippen molar-refractivity contribution >= 4 is 28.1 Å². The molecule has 0 saturated carbocycles. The molecule has 2 nitrogen and oxygen atoms in total. The number of quaternary nitrogens is 1. The van der Waals surface area contributed by atoms with Gasteiger partial charge in [-0.05, 0) is 19.4 Å². The van der Waals surface area contributed by atoms with Crippen LogP contribution in [0, 0.1) is 18.4 Å². The highest BCUT2D eigenvalue weighted by Crippen LogP contribution is 2.60. The first-order valence-electron chi connectivity index (χ1n) is 8.62. The number of fused-ring (bicyclic) bond motifs is 5. The number of nitrogens with two attached hydrogens (primary N) is 1. The minimum absolute atomic E-state index is 0.0336. The first-order valence-corrected chi connectivity index (χ1v) is 9.06. The summed E-state index contributed by atoms with van der Waals surface area (Å²) in [6.07, 6.45) is 2.96. The lowest BCUT2D eigenvalue weighted by Crippen LogP contribution is -2.79. The van der Waals surface area contributed by atoms with Crippen LogP contribution < -0.4 is 5.32 Å². The molecule has 0 amide bonds. The molecule has 3 N–H and O–H groups in total. The fraction of sp³-hybridized carbons (Fsp3) is 0.381. The SMILES string of the molecule is C=C[C@@]1(C)C([NH2+][CH2-])=C2c3c([nH]c4ccccc34)C(C)(C)[C@H]2C[C@H]1Cl. The molecule has 3 atom stereocenters. The van der Waals surface area contributed by atoms with Crippen LogP contribution in [0.5, 0.6) is 0 Å². The normalized spacial score (nSPS) is 31.2. The topological polar surface area (TPSA) is 32.4 Å². The fourth-order valence-corrected chi connectivity index (χ4v) is 5.21. The van der Waals surface area contributed by atoms with Crippen molar-refractivity contribution in [2.75, 3.05) is 0 Å². The van der Waals surface area contributed by atoms with E-state index in [4.69, 9.17) is 11.6 Å². The van der Waals surface area contributed by atoms with E-state index in [1.165, 1.54) is 33.4 Å². The highest BCUT2D eigenvalue weighted by atomic mass is 35.5. The zero-order chi connectivity index (χ0) is 17.3. The summed E-state index contributed by atoms with van der Waals surface area (Å²) in [5.41, 5.74) is 6.36. The maximum absolute atomic E-state index is 6.86. The molecule has 0 spiro atoms. The number of aromatic amines is 1. The van der Waals surface area contributed by atoms with Gasteiger partial charge in [0.2, 0.25) is 0 Å². The molecular weight excluding hydrogens is 316 g/mol. The minimum Gasteiger partial charge on any atom is -0.448 e. The number of nitrogens with one attached hydrogen (secondary N) is 1. The first kappa shape index (κ1) is 16.0. The zero-order valence-corrected chi connectivity index (χ0v) is 15.4. The van der Waals surface area contributed by atoms with E-state index in [1.54, 1.807) is 0 Å². The number of benzene rings is 1. The van der Waals surface area contributed by atoms with E-state index < -0.39 is 0 Å². The van der Waals surface area contributed by atoms with Gasteiger partial charge in [0.15, 0.2) is 0 Å². The summed E-state index contributed by atoms with van der Waals surface area (Å²) in [7, 11) is 4.13. The van der Waals surface area contributed by atoms with Gasteiger partial charge in [0.05, 0.1) is 16.5 Å². The molecule has 1 aromatic carbocycles. The van der Waals surface area contributed by atoms with Crippen LogP contribution >= 0.6 is 11.6 Å². The van der Waals surface area contributed by atoms with Crippen LogP contribution in [0.4, 0.5) is 0 Å². The molecule has 2 aliphatic carbocycles. The van der Waals surface area contributed by atoms with Gasteiger partial charge in [-0.2, -0.15) is 0 Å². The largest absolute Gasteiger partial charge is 0.448 e. The number of rotatable bonds is 2. The molecule has 0 fully saturated rings. The lowest BCUT2D eigenvalue weighted by molar-refractivity contribution is -0.553. The Morgan fingerprint density at radius 1 is 1.33 bits per heavy atom. The van der Waals surface area contributed by atoms with Crippen molar-refractivity contribution in [3.63, 3.8) is 0 Å². The Morgan fingerprint density at radius 3 is 2.71 bits per heavy atom. The first-order chi connectivity index (χ1) is 11.4. The van der Waals surface area contributed by atoms with Gasteiger partial charge in [0, 0.05) is 39.1 Å². The van der Waals surface area contributed by atoms with E-state index >= 15 is 0 Å². The molecule has 1 aromatic heterocycles. The van der Waals surface area contributed by atoms with Crippen molar-refractivity contribution in [3.05, 3.63) is 60.9 Å². The zero-order valence-electron chi connectivity index (χ0n) is 14.6. The summed E-state index contributed by atoms with van der Waals surface area (Å²) in [6, 6.07) is 8.58. The molecule has 2 aromatic rings. The molecule has 2 aliphatic rings. The fourth-order valence-electron chi connectivity index (χ4n) is 4.83. The summed E-state index contributed by atoms with van der Waals surface area (Å²) in [5, 5.41) is 3.34. The summed E-state index contributed by atoms with van der Waals surface area (Å²) in [6.45, 7) is 10.9. The van der Waals surface area contributed by atoms with Crippen molar-refractivity contribution in [2.24, 2.45) is 11.3 Å². The summed E-state index contributed by atoms with van der Waals surface area (Å²) >= 11 is 6.86. The van der Waals surface area contributed by atoms with E-state index in [0.717, 1.165) is 6.42 Å². The van der Waals surface area contributed by atoms with Gasteiger partial charge in [-0.1, -0.05) is 38.1 Å². The predicted octanol–water partition coefficient (Wildman–Crippen LogP) is 4.34. The lowest BCUT2D eigenvalue weighted by Gasteiger charge is -2.43. The number of aromatic nitrogens is 1. The van der Waals surface area contributed by atoms with Crippen LogP contribution in [0.2, 0.25) is 0 Å². The molecule has 0 aliphatic heterocycles. The van der Waals surface area contributed by atoms with Crippen LogP contribution in [0.25, 0.3) is 16.5 Å². The molecule has 3 heteroatoms. The molecule has 1 heterocycles. The van der Waals surface area contributed by atoms with E-state index in [1.807, 2.05) is 11.4 Å². The third-order valence-electron chi connectivity index (χ3n) is 6.43. The van der Waals surface area contributed by atoms with Gasteiger partial charge in [-0.25, -0.2) is 0 Å². The van der Waals surface area contributed by atoms with Crippen LogP contribution in [0.15, 0.2) is 42.6 Å². The van der Waals surface area contributed by atoms with Crippen LogP contribution in [0.3, 0.4) is 0 Å². The molecule has 24 heavy (non-hydrogen) atoms. The highest BCUT2D eigenvalue weighted by Gasteiger charge is 2.55. The standard InChI is InChI=1S/C21H25ClN2/c1-6-21(4)15(22)11-13-17(19(21)23-5)16-12-9-7-8-10-14(12)24-18(16)20(13,2)3/h6-10,13,15,24H,1,5,11,23H2,2-4H3/t13-,15+,21+/m0/s1. The van der Waals surface area contributed by atoms with Crippen molar-refractivity contribution < 1.29 is 5.32 Å². The van der Waals surface area contributed by atoms with Crippen LogP contribution in [-0.4, -0.2) is 10.4 Å². The Balaban J connectivity index is 2.12. The van der Waals surface area contributed by atoms with E-state index in [-0.39, 0.29) is 16.2 Å². The second-order valence-electron chi connectivity index (χ2n) is 7.92. The summed E-state index contributed by atoms with van der Waals surface area (Å²) in [4.78, 5) is 3.69. The second-order valence-corrected chi connectivity index (χ2v) is 8.44. The number of H-pyrrole nitrogens is 1. The third kappa shape index (κ3) is 1.76. The third-order valence-corrected chi connectivity index (χ3v) is 7.06. The monoisotopic (exact) mass is 340 g/mol. The number of hydrogen-bond donors (Lipinski definition) is 2. The Morgan fingerprint density at radius 2 is 2.04 bits per heavy atom. The van der Waals surface area contributed by atoms with Gasteiger partial charge in [0.25, 0.3) is 0 Å². The van der Waals surface area contributed by atoms with Gasteiger partial charge in [-0.15, -0.1) is 25.2 Å². The second kappa shape index (κ2) is 5.00. The van der Waals surface area contributed by atoms with Crippen molar-refractivity contribution in [3.8, 4) is 0 Å². The van der Waals surface area contributed by atoms with Crippen LogP contribution in [0.1, 0.15) is 38.4 Å². The van der Waals surface area contributed by atoms with Gasteiger partial charge in [0.1, 0.15) is 0 Å². The molecular formula is C21H25ClN2. The average molecular weight is 341 g/mol. The van der Waals surface area contributed by atoms with Crippen molar-refractivity contribution in [2.45, 2.75) is 38.0 Å². The van der Waals surface area contributed by atoms with E-state index in [0.29, 0.717) is 5.92 Å². The lowest BCUT2D eigenvalue weighted by atomic mass is 9.65. The van der Waals surface area contributed by atoms with E-state index in [9.17, 15) is 0 Å². The Labute approximate surface area is 149 Å².